The SMILES string of the molecule is CC(C)[C@H](NC(=O)OC(C)(C)C)C(O)c1nnc(C(C)(C)c2ccccc2)o1. The predicted molar refractivity (Wildman–Crippen MR) is 106 cm³/mol. The fourth-order valence-electron chi connectivity index (χ4n) is 2.79. The van der Waals surface area contributed by atoms with Gasteiger partial charge in [-0.1, -0.05) is 44.2 Å². The summed E-state index contributed by atoms with van der Waals surface area (Å²) in [5, 5.41) is 21.7. The van der Waals surface area contributed by atoms with E-state index in [2.05, 4.69) is 15.5 Å². The molecule has 0 aliphatic rings. The van der Waals surface area contributed by atoms with E-state index >= 15 is 0 Å². The highest BCUT2D eigenvalue weighted by molar-refractivity contribution is 5.68. The summed E-state index contributed by atoms with van der Waals surface area (Å²) in [6.07, 6.45) is -1.75. The van der Waals surface area contributed by atoms with Gasteiger partial charge in [0, 0.05) is 0 Å². The lowest BCUT2D eigenvalue weighted by Crippen LogP contribution is -2.45. The van der Waals surface area contributed by atoms with Gasteiger partial charge in [0.2, 0.25) is 11.8 Å². The van der Waals surface area contributed by atoms with E-state index in [1.807, 2.05) is 58.0 Å². The molecule has 1 aromatic carbocycles. The molecule has 154 valence electrons. The van der Waals surface area contributed by atoms with Crippen molar-refractivity contribution in [1.29, 1.82) is 0 Å². The van der Waals surface area contributed by atoms with Gasteiger partial charge in [-0.25, -0.2) is 4.79 Å². The highest BCUT2D eigenvalue weighted by Gasteiger charge is 2.34. The van der Waals surface area contributed by atoms with Crippen molar-refractivity contribution in [2.45, 2.75) is 71.6 Å². The number of carbonyl (C=O) groups excluding carboxylic acids is 1. The number of ether oxygens (including phenoxy) is 1. The minimum absolute atomic E-state index is 0.0637. The Hall–Kier alpha value is -2.41. The van der Waals surface area contributed by atoms with Crippen molar-refractivity contribution >= 4 is 6.09 Å². The molecular weight excluding hydrogens is 358 g/mol. The molecule has 28 heavy (non-hydrogen) atoms. The zero-order chi connectivity index (χ0) is 21.1. The molecule has 7 heteroatoms. The molecular formula is C21H31N3O4. The first-order valence-corrected chi connectivity index (χ1v) is 9.49. The molecule has 0 spiro atoms. The van der Waals surface area contributed by atoms with Crippen LogP contribution in [0.1, 0.15) is 71.9 Å². The first-order valence-electron chi connectivity index (χ1n) is 9.49. The number of carbonyl (C=O) groups is 1. The minimum atomic E-state index is -1.15. The smallest absolute Gasteiger partial charge is 0.407 e. The van der Waals surface area contributed by atoms with Crippen LogP contribution in [0, 0.1) is 5.92 Å². The number of alkyl carbamates (subject to hydrolysis) is 1. The zero-order valence-corrected chi connectivity index (χ0v) is 17.7. The largest absolute Gasteiger partial charge is 0.444 e. The Morgan fingerprint density at radius 2 is 1.71 bits per heavy atom. The fraction of sp³-hybridized carbons (Fsp3) is 0.571. The monoisotopic (exact) mass is 389 g/mol. The Bertz CT molecular complexity index is 778. The molecule has 2 N–H and O–H groups in total. The molecule has 2 aromatic rings. The Morgan fingerprint density at radius 1 is 1.11 bits per heavy atom. The molecule has 2 atom stereocenters. The highest BCUT2D eigenvalue weighted by atomic mass is 16.6. The first-order chi connectivity index (χ1) is 12.9. The summed E-state index contributed by atoms with van der Waals surface area (Å²) in [7, 11) is 0. The van der Waals surface area contributed by atoms with Crippen LogP contribution in [0.15, 0.2) is 34.7 Å². The molecule has 1 amide bonds. The van der Waals surface area contributed by atoms with Gasteiger partial charge in [-0.2, -0.15) is 0 Å². The number of aromatic nitrogens is 2. The van der Waals surface area contributed by atoms with E-state index in [1.54, 1.807) is 20.8 Å². The van der Waals surface area contributed by atoms with E-state index < -0.39 is 29.3 Å². The van der Waals surface area contributed by atoms with Crippen LogP contribution in [-0.2, 0) is 10.2 Å². The van der Waals surface area contributed by atoms with E-state index in [4.69, 9.17) is 9.15 Å². The lowest BCUT2D eigenvalue weighted by molar-refractivity contribution is 0.0324. The van der Waals surface area contributed by atoms with Crippen LogP contribution in [0.25, 0.3) is 0 Å². The van der Waals surface area contributed by atoms with Gasteiger partial charge in [0.15, 0.2) is 6.10 Å². The average Bonchev–Trinajstić information content (AvgIpc) is 3.09. The van der Waals surface area contributed by atoms with Crippen LogP contribution in [-0.4, -0.2) is 33.0 Å². The molecule has 2 rings (SSSR count). The third kappa shape index (κ3) is 5.32. The van der Waals surface area contributed by atoms with Gasteiger partial charge in [0.1, 0.15) is 5.60 Å². The minimum Gasteiger partial charge on any atom is -0.444 e. The molecule has 0 aliphatic carbocycles. The zero-order valence-electron chi connectivity index (χ0n) is 17.7. The molecule has 7 nitrogen and oxygen atoms in total. The topological polar surface area (TPSA) is 97.5 Å². The summed E-state index contributed by atoms with van der Waals surface area (Å²) in [6.45, 7) is 13.1. The van der Waals surface area contributed by atoms with Crippen molar-refractivity contribution in [2.24, 2.45) is 5.92 Å². The maximum atomic E-state index is 12.1. The lowest BCUT2D eigenvalue weighted by Gasteiger charge is -2.27. The Balaban J connectivity index is 2.20. The van der Waals surface area contributed by atoms with Gasteiger partial charge in [0.25, 0.3) is 0 Å². The van der Waals surface area contributed by atoms with E-state index in [0.29, 0.717) is 5.89 Å². The number of nitrogens with one attached hydrogen (secondary N) is 1. The van der Waals surface area contributed by atoms with Crippen LogP contribution in [0.2, 0.25) is 0 Å². The summed E-state index contributed by atoms with van der Waals surface area (Å²) < 4.78 is 11.1. The number of aliphatic hydroxyl groups is 1. The third-order valence-electron chi connectivity index (χ3n) is 4.47. The van der Waals surface area contributed by atoms with Crippen molar-refractivity contribution in [3.8, 4) is 0 Å². The Kier molecular flexibility index (Phi) is 6.49. The molecule has 0 aliphatic heterocycles. The second-order valence-electron chi connectivity index (χ2n) is 8.80. The first kappa shape index (κ1) is 21.9. The summed E-state index contributed by atoms with van der Waals surface area (Å²) >= 11 is 0. The van der Waals surface area contributed by atoms with Gasteiger partial charge in [0.05, 0.1) is 11.5 Å². The second-order valence-corrected chi connectivity index (χ2v) is 8.80. The standard InChI is InChI=1S/C21H31N3O4/c1-13(2)15(22-19(26)28-20(3,4)5)16(25)17-23-24-18(27-17)21(6,7)14-11-9-8-10-12-14/h8-13,15-16,25H,1-7H3,(H,22,26)/t15-,16?/m0/s1. The number of hydrogen-bond donors (Lipinski definition) is 2. The third-order valence-corrected chi connectivity index (χ3v) is 4.47. The molecule has 0 bridgehead atoms. The van der Waals surface area contributed by atoms with Crippen LogP contribution in [0.3, 0.4) is 0 Å². The predicted octanol–water partition coefficient (Wildman–Crippen LogP) is 3.98. The molecule has 0 saturated carbocycles. The number of benzene rings is 1. The number of amides is 1. The summed E-state index contributed by atoms with van der Waals surface area (Å²) in [4.78, 5) is 12.1. The van der Waals surface area contributed by atoms with Crippen LogP contribution >= 0.6 is 0 Å². The van der Waals surface area contributed by atoms with Crippen molar-refractivity contribution in [2.75, 3.05) is 0 Å². The van der Waals surface area contributed by atoms with E-state index in [-0.39, 0.29) is 11.8 Å². The summed E-state index contributed by atoms with van der Waals surface area (Å²) in [5.74, 6) is 0.376. The maximum absolute atomic E-state index is 12.1. The highest BCUT2D eigenvalue weighted by Crippen LogP contribution is 2.32. The lowest BCUT2D eigenvalue weighted by atomic mass is 9.85. The van der Waals surface area contributed by atoms with E-state index in [0.717, 1.165) is 5.56 Å². The second kappa shape index (κ2) is 8.31. The molecule has 0 radical (unpaired) electrons. The molecule has 1 heterocycles. The summed E-state index contributed by atoms with van der Waals surface area (Å²) in [5.41, 5.74) is -0.126. The van der Waals surface area contributed by atoms with Crippen LogP contribution < -0.4 is 5.32 Å². The van der Waals surface area contributed by atoms with Crippen molar-refractivity contribution in [3.63, 3.8) is 0 Å². The quantitative estimate of drug-likeness (QED) is 0.776. The van der Waals surface area contributed by atoms with Gasteiger partial charge < -0.3 is 19.6 Å². The maximum Gasteiger partial charge on any atom is 0.407 e. The van der Waals surface area contributed by atoms with Crippen LogP contribution in [0.5, 0.6) is 0 Å². The summed E-state index contributed by atoms with van der Waals surface area (Å²) in [6, 6.07) is 9.18. The molecule has 1 aromatic heterocycles. The Morgan fingerprint density at radius 3 is 2.25 bits per heavy atom. The number of nitrogens with zero attached hydrogens (tertiary/aromatic N) is 2. The van der Waals surface area contributed by atoms with Gasteiger partial charge in [-0.15, -0.1) is 10.2 Å². The molecule has 0 fully saturated rings. The van der Waals surface area contributed by atoms with Crippen LogP contribution in [0.4, 0.5) is 4.79 Å². The molecule has 0 saturated heterocycles. The van der Waals surface area contributed by atoms with Gasteiger partial charge in [-0.3, -0.25) is 0 Å². The van der Waals surface area contributed by atoms with Crippen molar-refractivity contribution < 1.29 is 19.1 Å². The Labute approximate surface area is 166 Å². The van der Waals surface area contributed by atoms with Crippen molar-refractivity contribution in [1.82, 2.24) is 15.5 Å². The van der Waals surface area contributed by atoms with E-state index in [9.17, 15) is 9.90 Å². The van der Waals surface area contributed by atoms with Gasteiger partial charge in [-0.05, 0) is 46.1 Å². The molecule has 1 unspecified atom stereocenters. The normalized spacial score (nSPS) is 14.6. The van der Waals surface area contributed by atoms with Gasteiger partial charge >= 0.3 is 6.09 Å². The number of aliphatic hydroxyl groups excluding tert-OH is 1. The fourth-order valence-corrected chi connectivity index (χ4v) is 2.79. The number of rotatable bonds is 6. The number of hydrogen-bond acceptors (Lipinski definition) is 6. The van der Waals surface area contributed by atoms with E-state index in [1.165, 1.54) is 0 Å². The average molecular weight is 389 g/mol. The van der Waals surface area contributed by atoms with Crippen molar-refractivity contribution in [3.05, 3.63) is 47.7 Å².